The number of carbonyl (C=O) groups excluding carboxylic acids is 1. The molecule has 0 atom stereocenters. The van der Waals surface area contributed by atoms with Crippen LogP contribution in [0.3, 0.4) is 0 Å². The van der Waals surface area contributed by atoms with Crippen LogP contribution in [-0.4, -0.2) is 12.5 Å². The van der Waals surface area contributed by atoms with Crippen molar-refractivity contribution in [2.45, 2.75) is 13.5 Å². The molecule has 3 aromatic rings. The van der Waals surface area contributed by atoms with E-state index in [1.54, 1.807) is 0 Å². The van der Waals surface area contributed by atoms with Gasteiger partial charge in [-0.15, -0.1) is 0 Å². The van der Waals surface area contributed by atoms with Crippen LogP contribution in [0.25, 0.3) is 0 Å². The SMILES string of the molecule is Cc1ccc(Cl)cc1NCC(=O)Nc1ccc(OCc2ccccc2)cc1. The first kappa shape index (κ1) is 18.8. The number of carbonyl (C=O) groups is 1. The highest BCUT2D eigenvalue weighted by Crippen LogP contribution is 2.20. The number of rotatable bonds is 7. The average molecular weight is 381 g/mol. The van der Waals surface area contributed by atoms with Crippen LogP contribution in [-0.2, 0) is 11.4 Å². The van der Waals surface area contributed by atoms with Crippen LogP contribution in [0.1, 0.15) is 11.1 Å². The zero-order valence-electron chi connectivity index (χ0n) is 15.0. The Balaban J connectivity index is 1.48. The highest BCUT2D eigenvalue weighted by Gasteiger charge is 2.05. The molecule has 0 saturated heterocycles. The Morgan fingerprint density at radius 1 is 1.00 bits per heavy atom. The van der Waals surface area contributed by atoms with Gasteiger partial charge in [-0.2, -0.15) is 0 Å². The van der Waals surface area contributed by atoms with Crippen molar-refractivity contribution < 1.29 is 9.53 Å². The molecule has 0 bridgehead atoms. The van der Waals surface area contributed by atoms with Gasteiger partial charge in [0.1, 0.15) is 12.4 Å². The van der Waals surface area contributed by atoms with E-state index >= 15 is 0 Å². The molecule has 0 heterocycles. The van der Waals surface area contributed by atoms with E-state index in [9.17, 15) is 4.79 Å². The molecule has 0 aliphatic rings. The number of halogens is 1. The van der Waals surface area contributed by atoms with Gasteiger partial charge in [-0.3, -0.25) is 4.79 Å². The monoisotopic (exact) mass is 380 g/mol. The lowest BCUT2D eigenvalue weighted by Crippen LogP contribution is -2.22. The molecular weight excluding hydrogens is 360 g/mol. The largest absolute Gasteiger partial charge is 0.489 e. The van der Waals surface area contributed by atoms with Gasteiger partial charge < -0.3 is 15.4 Å². The molecule has 0 aliphatic carbocycles. The summed E-state index contributed by atoms with van der Waals surface area (Å²) in [5.41, 5.74) is 3.71. The van der Waals surface area contributed by atoms with Crippen LogP contribution < -0.4 is 15.4 Å². The summed E-state index contributed by atoms with van der Waals surface area (Å²) in [6.45, 7) is 2.63. The topological polar surface area (TPSA) is 50.4 Å². The lowest BCUT2D eigenvalue weighted by molar-refractivity contribution is -0.114. The second-order valence-corrected chi connectivity index (χ2v) is 6.60. The zero-order valence-corrected chi connectivity index (χ0v) is 15.8. The van der Waals surface area contributed by atoms with E-state index in [1.165, 1.54) is 0 Å². The number of ether oxygens (including phenoxy) is 1. The summed E-state index contributed by atoms with van der Waals surface area (Å²) in [4.78, 5) is 12.1. The van der Waals surface area contributed by atoms with Crippen LogP contribution >= 0.6 is 11.6 Å². The van der Waals surface area contributed by atoms with Crippen molar-refractivity contribution in [2.75, 3.05) is 17.2 Å². The van der Waals surface area contributed by atoms with Crippen molar-refractivity contribution in [3.8, 4) is 5.75 Å². The van der Waals surface area contributed by atoms with Gasteiger partial charge in [-0.25, -0.2) is 0 Å². The smallest absolute Gasteiger partial charge is 0.243 e. The first-order valence-corrected chi connectivity index (χ1v) is 9.04. The maximum Gasteiger partial charge on any atom is 0.243 e. The molecule has 0 aromatic heterocycles. The third-order valence-corrected chi connectivity index (χ3v) is 4.26. The van der Waals surface area contributed by atoms with Crippen molar-refractivity contribution in [1.29, 1.82) is 0 Å². The molecule has 3 rings (SSSR count). The normalized spacial score (nSPS) is 10.3. The van der Waals surface area contributed by atoms with Crippen molar-refractivity contribution in [1.82, 2.24) is 0 Å². The van der Waals surface area contributed by atoms with E-state index in [0.29, 0.717) is 11.6 Å². The van der Waals surface area contributed by atoms with Gasteiger partial charge in [0.25, 0.3) is 0 Å². The molecule has 4 nitrogen and oxygen atoms in total. The first-order valence-electron chi connectivity index (χ1n) is 8.67. The average Bonchev–Trinajstić information content (AvgIpc) is 2.69. The number of hydrogen-bond acceptors (Lipinski definition) is 3. The molecular formula is C22H21ClN2O2. The second kappa shape index (κ2) is 9.10. The van der Waals surface area contributed by atoms with Crippen LogP contribution in [0.4, 0.5) is 11.4 Å². The molecule has 0 aliphatic heterocycles. The van der Waals surface area contributed by atoms with Gasteiger partial charge in [0, 0.05) is 16.4 Å². The van der Waals surface area contributed by atoms with E-state index in [1.807, 2.05) is 79.7 Å². The Kier molecular flexibility index (Phi) is 6.34. The molecule has 0 saturated carbocycles. The van der Waals surface area contributed by atoms with Gasteiger partial charge in [0.15, 0.2) is 0 Å². The minimum Gasteiger partial charge on any atom is -0.489 e. The summed E-state index contributed by atoms with van der Waals surface area (Å²) < 4.78 is 5.74. The number of amides is 1. The first-order chi connectivity index (χ1) is 13.1. The van der Waals surface area contributed by atoms with Crippen LogP contribution in [0.15, 0.2) is 72.8 Å². The summed E-state index contributed by atoms with van der Waals surface area (Å²) in [5.74, 6) is 0.622. The number of anilines is 2. The minimum absolute atomic E-state index is 0.132. The van der Waals surface area contributed by atoms with Gasteiger partial charge in [0.2, 0.25) is 5.91 Å². The van der Waals surface area contributed by atoms with E-state index in [4.69, 9.17) is 16.3 Å². The van der Waals surface area contributed by atoms with Gasteiger partial charge in [0.05, 0.1) is 6.54 Å². The number of hydrogen-bond donors (Lipinski definition) is 2. The zero-order chi connectivity index (χ0) is 19.1. The molecule has 27 heavy (non-hydrogen) atoms. The molecule has 0 unspecified atom stereocenters. The fourth-order valence-electron chi connectivity index (χ4n) is 2.54. The number of benzene rings is 3. The molecule has 2 N–H and O–H groups in total. The molecule has 1 amide bonds. The maximum absolute atomic E-state index is 12.1. The summed E-state index contributed by atoms with van der Waals surface area (Å²) in [7, 11) is 0. The predicted molar refractivity (Wildman–Crippen MR) is 111 cm³/mol. The Bertz CT molecular complexity index is 896. The molecule has 0 fully saturated rings. The fraction of sp³-hybridized carbons (Fsp3) is 0.136. The second-order valence-electron chi connectivity index (χ2n) is 6.16. The maximum atomic E-state index is 12.1. The lowest BCUT2D eigenvalue weighted by atomic mass is 10.2. The Hall–Kier alpha value is -2.98. The summed E-state index contributed by atoms with van der Waals surface area (Å²) >= 11 is 5.99. The standard InChI is InChI=1S/C22H21ClN2O2/c1-16-7-8-18(23)13-21(16)24-14-22(26)25-19-9-11-20(12-10-19)27-15-17-5-3-2-4-6-17/h2-13,24H,14-15H2,1H3,(H,25,26). The van der Waals surface area contributed by atoms with Gasteiger partial charge in [-0.05, 0) is 54.4 Å². The Labute approximate surface area is 164 Å². The number of nitrogens with one attached hydrogen (secondary N) is 2. The highest BCUT2D eigenvalue weighted by atomic mass is 35.5. The van der Waals surface area contributed by atoms with Crippen LogP contribution in [0.5, 0.6) is 5.75 Å². The third kappa shape index (κ3) is 5.76. The predicted octanol–water partition coefficient (Wildman–Crippen LogP) is 5.28. The van der Waals surface area contributed by atoms with E-state index in [0.717, 1.165) is 28.3 Å². The third-order valence-electron chi connectivity index (χ3n) is 4.03. The van der Waals surface area contributed by atoms with Crippen LogP contribution in [0.2, 0.25) is 5.02 Å². The Morgan fingerprint density at radius 2 is 1.74 bits per heavy atom. The highest BCUT2D eigenvalue weighted by molar-refractivity contribution is 6.30. The summed E-state index contributed by atoms with van der Waals surface area (Å²) in [6.07, 6.45) is 0. The molecule has 3 aromatic carbocycles. The molecule has 138 valence electrons. The fourth-order valence-corrected chi connectivity index (χ4v) is 2.71. The molecule has 5 heteroatoms. The van der Waals surface area contributed by atoms with E-state index in [2.05, 4.69) is 10.6 Å². The van der Waals surface area contributed by atoms with Gasteiger partial charge in [-0.1, -0.05) is 48.0 Å². The Morgan fingerprint density at radius 3 is 2.48 bits per heavy atom. The quantitative estimate of drug-likeness (QED) is 0.586. The minimum atomic E-state index is -0.132. The van der Waals surface area contributed by atoms with Crippen molar-refractivity contribution >= 4 is 28.9 Å². The number of aryl methyl sites for hydroxylation is 1. The van der Waals surface area contributed by atoms with Crippen molar-refractivity contribution in [3.63, 3.8) is 0 Å². The summed E-state index contributed by atoms with van der Waals surface area (Å²) in [6, 6.07) is 22.8. The molecule has 0 spiro atoms. The van der Waals surface area contributed by atoms with E-state index < -0.39 is 0 Å². The van der Waals surface area contributed by atoms with Crippen molar-refractivity contribution in [2.24, 2.45) is 0 Å². The van der Waals surface area contributed by atoms with E-state index in [-0.39, 0.29) is 12.5 Å². The van der Waals surface area contributed by atoms with Crippen LogP contribution in [0, 0.1) is 6.92 Å². The van der Waals surface area contributed by atoms with Crippen molar-refractivity contribution in [3.05, 3.63) is 88.9 Å². The van der Waals surface area contributed by atoms with Gasteiger partial charge >= 0.3 is 0 Å². The molecule has 0 radical (unpaired) electrons. The lowest BCUT2D eigenvalue weighted by Gasteiger charge is -2.11. The summed E-state index contributed by atoms with van der Waals surface area (Å²) in [5, 5.41) is 6.59.